The molecule has 102 valence electrons. The molecule has 3 aromatic rings. The Morgan fingerprint density at radius 1 is 1.25 bits per heavy atom. The molecule has 0 atom stereocenters. The van der Waals surface area contributed by atoms with Gasteiger partial charge in [0.25, 0.3) is 0 Å². The van der Waals surface area contributed by atoms with Crippen LogP contribution >= 0.6 is 15.9 Å². The molecular formula is C15H14BrN3O. The van der Waals surface area contributed by atoms with Crippen LogP contribution in [0.2, 0.25) is 0 Å². The molecule has 1 aromatic carbocycles. The third-order valence-electron chi connectivity index (χ3n) is 3.19. The van der Waals surface area contributed by atoms with Crippen LogP contribution in [0.3, 0.4) is 0 Å². The lowest BCUT2D eigenvalue weighted by Crippen LogP contribution is -2.05. The Bertz CT molecular complexity index is 728. The quantitative estimate of drug-likeness (QED) is 0.793. The Labute approximate surface area is 125 Å². The Morgan fingerprint density at radius 2 is 2.00 bits per heavy atom. The summed E-state index contributed by atoms with van der Waals surface area (Å²) in [5.41, 5.74) is 9.00. The van der Waals surface area contributed by atoms with E-state index in [1.165, 1.54) is 0 Å². The Hall–Kier alpha value is -2.01. The molecule has 0 unspecified atom stereocenters. The van der Waals surface area contributed by atoms with Crippen LogP contribution in [-0.2, 0) is 6.54 Å². The molecule has 0 aliphatic carbocycles. The van der Waals surface area contributed by atoms with Crippen molar-refractivity contribution >= 4 is 21.7 Å². The topological polar surface area (TPSA) is 57.0 Å². The summed E-state index contributed by atoms with van der Waals surface area (Å²) in [6, 6.07) is 11.9. The maximum atomic E-state index is 6.04. The summed E-state index contributed by atoms with van der Waals surface area (Å²) in [5, 5.41) is 4.55. The molecule has 0 amide bonds. The summed E-state index contributed by atoms with van der Waals surface area (Å²) in [6.07, 6.45) is 1.66. The first-order chi connectivity index (χ1) is 9.63. The number of benzene rings is 1. The highest BCUT2D eigenvalue weighted by Gasteiger charge is 2.11. The molecule has 3 rings (SSSR count). The van der Waals surface area contributed by atoms with Crippen LogP contribution in [-0.4, -0.2) is 9.78 Å². The molecule has 0 spiro atoms. The maximum Gasteiger partial charge on any atom is 0.122 e. The zero-order valence-corrected chi connectivity index (χ0v) is 12.6. The van der Waals surface area contributed by atoms with Gasteiger partial charge in [-0.15, -0.1) is 0 Å². The fourth-order valence-corrected chi connectivity index (χ4v) is 2.37. The monoisotopic (exact) mass is 331 g/mol. The van der Waals surface area contributed by atoms with Gasteiger partial charge in [0, 0.05) is 16.1 Å². The van der Waals surface area contributed by atoms with Crippen LogP contribution in [0.5, 0.6) is 0 Å². The van der Waals surface area contributed by atoms with Gasteiger partial charge in [0.05, 0.1) is 18.5 Å². The summed E-state index contributed by atoms with van der Waals surface area (Å²) in [7, 11) is 0. The Kier molecular flexibility index (Phi) is 3.36. The summed E-state index contributed by atoms with van der Waals surface area (Å²) in [5.74, 6) is 1.49. The van der Waals surface area contributed by atoms with Crippen molar-refractivity contribution in [3.63, 3.8) is 0 Å². The molecule has 2 N–H and O–H groups in total. The van der Waals surface area contributed by atoms with E-state index >= 15 is 0 Å². The van der Waals surface area contributed by atoms with Crippen molar-refractivity contribution in [2.45, 2.75) is 13.5 Å². The van der Waals surface area contributed by atoms with E-state index in [0.717, 1.165) is 27.1 Å². The predicted octanol–water partition coefficient (Wildman–Crippen LogP) is 3.84. The molecule has 0 aliphatic rings. The largest absolute Gasteiger partial charge is 0.469 e. The highest BCUT2D eigenvalue weighted by atomic mass is 79.9. The summed E-state index contributed by atoms with van der Waals surface area (Å²) in [6.45, 7) is 2.56. The highest BCUT2D eigenvalue weighted by Crippen LogP contribution is 2.25. The number of rotatable bonds is 3. The lowest BCUT2D eigenvalue weighted by molar-refractivity contribution is 0.535. The molecule has 2 heterocycles. The van der Waals surface area contributed by atoms with E-state index in [1.54, 1.807) is 10.9 Å². The van der Waals surface area contributed by atoms with Gasteiger partial charge in [-0.3, -0.25) is 0 Å². The van der Waals surface area contributed by atoms with E-state index in [-0.39, 0.29) is 0 Å². The molecule has 4 nitrogen and oxygen atoms in total. The smallest absolute Gasteiger partial charge is 0.122 e. The molecule has 0 bridgehead atoms. The SMILES string of the molecule is Cc1occc1-c1cc(N)n(Cc2ccc(Br)cc2)n1. The maximum absolute atomic E-state index is 6.04. The first-order valence-electron chi connectivity index (χ1n) is 6.26. The van der Waals surface area contributed by atoms with Gasteiger partial charge in [-0.2, -0.15) is 5.10 Å². The van der Waals surface area contributed by atoms with Crippen LogP contribution in [0.1, 0.15) is 11.3 Å². The minimum Gasteiger partial charge on any atom is -0.469 e. The number of aryl methyl sites for hydroxylation is 1. The standard InChI is InChI=1S/C15H14BrN3O/c1-10-13(6-7-20-10)14-8-15(17)19(18-14)9-11-2-4-12(16)5-3-11/h2-8H,9,17H2,1H3. The average Bonchev–Trinajstić information content (AvgIpc) is 2.99. The van der Waals surface area contributed by atoms with E-state index in [2.05, 4.69) is 21.0 Å². The van der Waals surface area contributed by atoms with Crippen LogP contribution in [0, 0.1) is 6.92 Å². The fraction of sp³-hybridized carbons (Fsp3) is 0.133. The van der Waals surface area contributed by atoms with E-state index < -0.39 is 0 Å². The lowest BCUT2D eigenvalue weighted by atomic mass is 10.2. The van der Waals surface area contributed by atoms with Gasteiger partial charge in [0.2, 0.25) is 0 Å². The zero-order chi connectivity index (χ0) is 14.1. The van der Waals surface area contributed by atoms with E-state index in [9.17, 15) is 0 Å². The number of anilines is 1. The highest BCUT2D eigenvalue weighted by molar-refractivity contribution is 9.10. The second-order valence-corrected chi connectivity index (χ2v) is 5.54. The van der Waals surface area contributed by atoms with Gasteiger partial charge >= 0.3 is 0 Å². The number of furan rings is 1. The van der Waals surface area contributed by atoms with Gasteiger partial charge in [-0.25, -0.2) is 4.68 Å². The van der Waals surface area contributed by atoms with Crippen molar-refractivity contribution in [2.24, 2.45) is 0 Å². The number of aromatic nitrogens is 2. The molecule has 0 saturated carbocycles. The molecule has 0 saturated heterocycles. The first-order valence-corrected chi connectivity index (χ1v) is 7.05. The van der Waals surface area contributed by atoms with E-state index in [1.807, 2.05) is 43.3 Å². The van der Waals surface area contributed by atoms with Gasteiger partial charge in [-0.1, -0.05) is 28.1 Å². The molecule has 0 radical (unpaired) electrons. The van der Waals surface area contributed by atoms with Crippen LogP contribution in [0.4, 0.5) is 5.82 Å². The van der Waals surface area contributed by atoms with Crippen LogP contribution in [0.25, 0.3) is 11.3 Å². The third kappa shape index (κ3) is 2.49. The Morgan fingerprint density at radius 3 is 2.65 bits per heavy atom. The number of halogens is 1. The molecule has 0 aliphatic heterocycles. The van der Waals surface area contributed by atoms with Gasteiger partial charge in [-0.05, 0) is 30.7 Å². The third-order valence-corrected chi connectivity index (χ3v) is 3.72. The van der Waals surface area contributed by atoms with E-state index in [0.29, 0.717) is 12.4 Å². The van der Waals surface area contributed by atoms with E-state index in [4.69, 9.17) is 10.2 Å². The van der Waals surface area contributed by atoms with Crippen molar-refractivity contribution in [3.05, 3.63) is 58.5 Å². The second kappa shape index (κ2) is 5.17. The van der Waals surface area contributed by atoms with Gasteiger partial charge in [0.15, 0.2) is 0 Å². The van der Waals surface area contributed by atoms with Crippen molar-refractivity contribution in [1.29, 1.82) is 0 Å². The second-order valence-electron chi connectivity index (χ2n) is 4.63. The average molecular weight is 332 g/mol. The molecule has 5 heteroatoms. The molecule has 2 aromatic heterocycles. The molecule has 20 heavy (non-hydrogen) atoms. The number of hydrogen-bond donors (Lipinski definition) is 1. The first kappa shape index (κ1) is 13.0. The molecule has 0 fully saturated rings. The van der Waals surface area contributed by atoms with Crippen molar-refractivity contribution in [2.75, 3.05) is 5.73 Å². The van der Waals surface area contributed by atoms with Crippen LogP contribution < -0.4 is 5.73 Å². The predicted molar refractivity (Wildman–Crippen MR) is 82.3 cm³/mol. The molecular weight excluding hydrogens is 318 g/mol. The minimum atomic E-state index is 0.642. The normalized spacial score (nSPS) is 10.9. The number of nitrogen functional groups attached to an aromatic ring is 1. The van der Waals surface area contributed by atoms with Crippen molar-refractivity contribution < 1.29 is 4.42 Å². The van der Waals surface area contributed by atoms with Gasteiger partial charge in [0.1, 0.15) is 11.6 Å². The van der Waals surface area contributed by atoms with Crippen LogP contribution in [0.15, 0.2) is 51.6 Å². The number of nitrogens with zero attached hydrogens (tertiary/aromatic N) is 2. The number of hydrogen-bond acceptors (Lipinski definition) is 3. The zero-order valence-electron chi connectivity index (χ0n) is 11.0. The lowest BCUT2D eigenvalue weighted by Gasteiger charge is -2.04. The summed E-state index contributed by atoms with van der Waals surface area (Å²) >= 11 is 3.43. The van der Waals surface area contributed by atoms with Crippen molar-refractivity contribution in [3.8, 4) is 11.3 Å². The Balaban J connectivity index is 1.90. The minimum absolute atomic E-state index is 0.642. The van der Waals surface area contributed by atoms with Gasteiger partial charge < -0.3 is 10.2 Å². The summed E-state index contributed by atoms with van der Waals surface area (Å²) in [4.78, 5) is 0. The van der Waals surface area contributed by atoms with Crippen molar-refractivity contribution in [1.82, 2.24) is 9.78 Å². The summed E-state index contributed by atoms with van der Waals surface area (Å²) < 4.78 is 8.16. The fourth-order valence-electron chi connectivity index (χ4n) is 2.10. The number of nitrogens with two attached hydrogens (primary N) is 1.